The van der Waals surface area contributed by atoms with E-state index in [1.807, 2.05) is 6.92 Å². The first-order valence-corrected chi connectivity index (χ1v) is 9.67. The van der Waals surface area contributed by atoms with Crippen LogP contribution < -0.4 is 15.5 Å². The minimum Gasteiger partial charge on any atom is -0.484 e. The van der Waals surface area contributed by atoms with Gasteiger partial charge in [-0.2, -0.15) is 5.10 Å². The molecule has 158 valence electrons. The maximum absolute atomic E-state index is 13.5. The Kier molecular flexibility index (Phi) is 7.35. The number of hydrazone groups is 1. The molecular weight excluding hydrogens is 421 g/mol. The van der Waals surface area contributed by atoms with E-state index < -0.39 is 11.7 Å². The van der Waals surface area contributed by atoms with E-state index >= 15 is 0 Å². The highest BCUT2D eigenvalue weighted by Gasteiger charge is 2.10. The van der Waals surface area contributed by atoms with Gasteiger partial charge >= 0.3 is 0 Å². The number of ether oxygens (including phenoxy) is 1. The van der Waals surface area contributed by atoms with Crippen LogP contribution >= 0.6 is 11.6 Å². The number of carbonyl (C=O) groups is 2. The smallest absolute Gasteiger partial charge is 0.277 e. The zero-order chi connectivity index (χ0) is 22.2. The van der Waals surface area contributed by atoms with Gasteiger partial charge in [-0.1, -0.05) is 35.9 Å². The molecule has 8 heteroatoms. The highest BCUT2D eigenvalue weighted by molar-refractivity contribution is 6.31. The Morgan fingerprint density at radius 3 is 2.55 bits per heavy atom. The molecule has 3 aromatic rings. The van der Waals surface area contributed by atoms with Crippen molar-refractivity contribution in [1.29, 1.82) is 0 Å². The summed E-state index contributed by atoms with van der Waals surface area (Å²) in [5.41, 5.74) is 4.35. The molecule has 0 aliphatic carbocycles. The summed E-state index contributed by atoms with van der Waals surface area (Å²) in [6.07, 6.45) is 1.21. The van der Waals surface area contributed by atoms with Gasteiger partial charge in [0.15, 0.2) is 6.61 Å². The quantitative estimate of drug-likeness (QED) is 0.418. The van der Waals surface area contributed by atoms with E-state index in [4.69, 9.17) is 16.3 Å². The maximum atomic E-state index is 13.5. The third-order valence-electron chi connectivity index (χ3n) is 4.30. The fourth-order valence-electron chi connectivity index (χ4n) is 2.57. The van der Waals surface area contributed by atoms with E-state index in [1.165, 1.54) is 18.3 Å². The summed E-state index contributed by atoms with van der Waals surface area (Å²) in [5, 5.41) is 7.07. The van der Waals surface area contributed by atoms with Crippen molar-refractivity contribution in [3.8, 4) is 5.75 Å². The van der Waals surface area contributed by atoms with E-state index in [2.05, 4.69) is 15.8 Å². The van der Waals surface area contributed by atoms with Crippen molar-refractivity contribution in [2.75, 3.05) is 11.9 Å². The second-order valence-corrected chi connectivity index (χ2v) is 6.90. The van der Waals surface area contributed by atoms with Crippen molar-refractivity contribution >= 4 is 35.3 Å². The molecule has 0 atom stereocenters. The second-order valence-electron chi connectivity index (χ2n) is 6.49. The van der Waals surface area contributed by atoms with Crippen molar-refractivity contribution in [3.05, 3.63) is 94.3 Å². The van der Waals surface area contributed by atoms with Crippen LogP contribution in [0.3, 0.4) is 0 Å². The summed E-state index contributed by atoms with van der Waals surface area (Å²) in [7, 11) is 0. The molecule has 0 aliphatic rings. The lowest BCUT2D eigenvalue weighted by Gasteiger charge is -2.10. The highest BCUT2D eigenvalue weighted by Crippen LogP contribution is 2.23. The molecular formula is C23H19ClFN3O3. The number of nitrogens with one attached hydrogen (secondary N) is 2. The Morgan fingerprint density at radius 2 is 1.81 bits per heavy atom. The topological polar surface area (TPSA) is 79.8 Å². The molecule has 2 amide bonds. The molecule has 0 saturated heterocycles. The molecule has 0 aromatic heterocycles. The van der Waals surface area contributed by atoms with Crippen LogP contribution in [0.5, 0.6) is 5.75 Å². The van der Waals surface area contributed by atoms with Crippen LogP contribution in [-0.4, -0.2) is 24.6 Å². The van der Waals surface area contributed by atoms with Gasteiger partial charge in [0.25, 0.3) is 11.8 Å². The van der Waals surface area contributed by atoms with E-state index in [9.17, 15) is 14.0 Å². The minimum absolute atomic E-state index is 0.255. The standard InChI is InChI=1S/C23H19ClFN3O3/c1-15-19(24)6-4-8-21(15)27-23(30)16-9-11-18(12-10-16)31-14-22(29)28-26-13-17-5-2-3-7-20(17)25/h2-13H,14H2,1H3,(H,27,30)(H,28,29)/b26-13+. The zero-order valence-corrected chi connectivity index (χ0v) is 17.3. The first kappa shape index (κ1) is 22.0. The number of carbonyl (C=O) groups excluding carboxylic acids is 2. The van der Waals surface area contributed by atoms with Crippen LogP contribution in [0.25, 0.3) is 0 Å². The normalized spacial score (nSPS) is 10.7. The number of rotatable bonds is 7. The monoisotopic (exact) mass is 439 g/mol. The summed E-state index contributed by atoms with van der Waals surface area (Å²) in [6.45, 7) is 1.53. The van der Waals surface area contributed by atoms with Crippen LogP contribution in [0.2, 0.25) is 5.02 Å². The molecule has 31 heavy (non-hydrogen) atoms. The molecule has 0 aliphatic heterocycles. The third-order valence-corrected chi connectivity index (χ3v) is 4.71. The number of anilines is 1. The molecule has 2 N–H and O–H groups in total. The summed E-state index contributed by atoms with van der Waals surface area (Å²) in [6, 6.07) is 17.7. The Balaban J connectivity index is 1.50. The lowest BCUT2D eigenvalue weighted by atomic mass is 10.1. The summed E-state index contributed by atoms with van der Waals surface area (Å²) in [4.78, 5) is 24.2. The van der Waals surface area contributed by atoms with Crippen molar-refractivity contribution < 1.29 is 18.7 Å². The Labute approximate surface area is 183 Å². The van der Waals surface area contributed by atoms with Gasteiger partial charge in [-0.25, -0.2) is 9.82 Å². The number of amides is 2. The molecule has 0 radical (unpaired) electrons. The zero-order valence-electron chi connectivity index (χ0n) is 16.6. The predicted molar refractivity (Wildman–Crippen MR) is 118 cm³/mol. The molecule has 3 aromatic carbocycles. The van der Waals surface area contributed by atoms with Gasteiger partial charge < -0.3 is 10.1 Å². The fraction of sp³-hybridized carbons (Fsp3) is 0.0870. The van der Waals surface area contributed by atoms with Crippen molar-refractivity contribution in [3.63, 3.8) is 0 Å². The van der Waals surface area contributed by atoms with E-state index in [1.54, 1.807) is 54.6 Å². The van der Waals surface area contributed by atoms with E-state index in [0.29, 0.717) is 22.0 Å². The van der Waals surface area contributed by atoms with Gasteiger partial charge in [0.05, 0.1) is 6.21 Å². The number of hydrogen-bond donors (Lipinski definition) is 2. The molecule has 6 nitrogen and oxygen atoms in total. The predicted octanol–water partition coefficient (Wildman–Crippen LogP) is 4.57. The Morgan fingerprint density at radius 1 is 1.06 bits per heavy atom. The largest absolute Gasteiger partial charge is 0.484 e. The average molecular weight is 440 g/mol. The van der Waals surface area contributed by atoms with Crippen molar-refractivity contribution in [2.24, 2.45) is 5.10 Å². The van der Waals surface area contributed by atoms with Crippen LogP contribution in [0.1, 0.15) is 21.5 Å². The highest BCUT2D eigenvalue weighted by atomic mass is 35.5. The van der Waals surface area contributed by atoms with Gasteiger partial charge in [0, 0.05) is 21.8 Å². The minimum atomic E-state index is -0.508. The SMILES string of the molecule is Cc1c(Cl)cccc1NC(=O)c1ccc(OCC(=O)N/N=C/c2ccccc2F)cc1. The number of halogens is 2. The summed E-state index contributed by atoms with van der Waals surface area (Å²) >= 11 is 6.07. The van der Waals surface area contributed by atoms with Crippen LogP contribution in [0.15, 0.2) is 71.8 Å². The lowest BCUT2D eigenvalue weighted by Crippen LogP contribution is -2.24. The first-order chi connectivity index (χ1) is 14.9. The number of nitrogens with zero attached hydrogens (tertiary/aromatic N) is 1. The molecule has 0 spiro atoms. The second kappa shape index (κ2) is 10.4. The first-order valence-electron chi connectivity index (χ1n) is 9.30. The third kappa shape index (κ3) is 6.13. The van der Waals surface area contributed by atoms with Crippen molar-refractivity contribution in [2.45, 2.75) is 6.92 Å². The van der Waals surface area contributed by atoms with Gasteiger partial charge in [-0.15, -0.1) is 0 Å². The molecule has 0 saturated carbocycles. The van der Waals surface area contributed by atoms with Gasteiger partial charge in [-0.3, -0.25) is 9.59 Å². The number of benzene rings is 3. The Bertz CT molecular complexity index is 1120. The molecule has 0 unspecified atom stereocenters. The van der Waals surface area contributed by atoms with Crippen LogP contribution in [0, 0.1) is 12.7 Å². The van der Waals surface area contributed by atoms with E-state index in [-0.39, 0.29) is 18.1 Å². The fourth-order valence-corrected chi connectivity index (χ4v) is 2.75. The molecule has 3 rings (SSSR count). The van der Waals surface area contributed by atoms with Gasteiger partial charge in [-0.05, 0) is 55.0 Å². The summed E-state index contributed by atoms with van der Waals surface area (Å²) in [5.74, 6) is -0.835. The molecule has 0 heterocycles. The van der Waals surface area contributed by atoms with E-state index in [0.717, 1.165) is 5.56 Å². The van der Waals surface area contributed by atoms with Crippen LogP contribution in [-0.2, 0) is 4.79 Å². The van der Waals surface area contributed by atoms with Gasteiger partial charge in [0.2, 0.25) is 0 Å². The average Bonchev–Trinajstić information content (AvgIpc) is 2.77. The lowest BCUT2D eigenvalue weighted by molar-refractivity contribution is -0.123. The van der Waals surface area contributed by atoms with Gasteiger partial charge in [0.1, 0.15) is 11.6 Å². The maximum Gasteiger partial charge on any atom is 0.277 e. The summed E-state index contributed by atoms with van der Waals surface area (Å²) < 4.78 is 18.8. The van der Waals surface area contributed by atoms with Crippen molar-refractivity contribution in [1.82, 2.24) is 5.43 Å². The molecule has 0 fully saturated rings. The number of hydrogen-bond acceptors (Lipinski definition) is 4. The van der Waals surface area contributed by atoms with Crippen LogP contribution in [0.4, 0.5) is 10.1 Å². The Hall–Kier alpha value is -3.71. The molecule has 0 bridgehead atoms.